The first-order valence-corrected chi connectivity index (χ1v) is 12.9. The molecule has 2 aromatic rings. The molecule has 0 fully saturated rings. The Bertz CT molecular complexity index is 608. The van der Waals surface area contributed by atoms with E-state index >= 15 is 0 Å². The zero-order chi connectivity index (χ0) is 18.1. The molecule has 2 aromatic heterocycles. The molecule has 0 saturated heterocycles. The van der Waals surface area contributed by atoms with Crippen LogP contribution in [0.5, 0.6) is 0 Å². The van der Waals surface area contributed by atoms with Gasteiger partial charge in [-0.3, -0.25) is 0 Å². The number of thiophene rings is 2. The molecular weight excluding hydrogens is 476 g/mol. The zero-order valence-electron chi connectivity index (χ0n) is 15.5. The maximum Gasteiger partial charge on any atom is 0.0737 e. The Morgan fingerprint density at radius 2 is 1.24 bits per heavy atom. The summed E-state index contributed by atoms with van der Waals surface area (Å²) in [6.07, 6.45) is 15.2. The van der Waals surface area contributed by atoms with E-state index in [2.05, 4.69) is 57.8 Å². The van der Waals surface area contributed by atoms with Crippen molar-refractivity contribution in [2.75, 3.05) is 0 Å². The Hall–Kier alpha value is 0.360. The second-order valence-electron chi connectivity index (χ2n) is 6.91. The molecule has 0 aliphatic heterocycles. The van der Waals surface area contributed by atoms with Crippen molar-refractivity contribution in [1.29, 1.82) is 0 Å². The van der Waals surface area contributed by atoms with Gasteiger partial charge in [0.05, 0.1) is 7.57 Å². The number of halogens is 2. The molecule has 0 aromatic carbocycles. The Balaban J connectivity index is 1.65. The highest BCUT2D eigenvalue weighted by molar-refractivity contribution is 9.11. The Morgan fingerprint density at radius 3 is 1.80 bits per heavy atom. The maximum atomic E-state index is 3.78. The number of rotatable bonds is 12. The van der Waals surface area contributed by atoms with Gasteiger partial charge < -0.3 is 0 Å². The van der Waals surface area contributed by atoms with E-state index in [-0.39, 0.29) is 0 Å². The fourth-order valence-corrected chi connectivity index (χ4v) is 6.46. The van der Waals surface area contributed by atoms with Crippen molar-refractivity contribution in [1.82, 2.24) is 0 Å². The van der Waals surface area contributed by atoms with Crippen LogP contribution < -0.4 is 0 Å². The molecule has 0 amide bonds. The lowest BCUT2D eigenvalue weighted by molar-refractivity contribution is 0.556. The minimum Gasteiger partial charge on any atom is -0.127 e. The third-order valence-corrected chi connectivity index (χ3v) is 8.95. The fourth-order valence-electron chi connectivity index (χ4n) is 3.08. The molecule has 2 rings (SSSR count). The van der Waals surface area contributed by atoms with Gasteiger partial charge in [-0.05, 0) is 74.9 Å². The van der Waals surface area contributed by atoms with Crippen LogP contribution in [0.2, 0.25) is 0 Å². The smallest absolute Gasteiger partial charge is 0.0737 e. The lowest BCUT2D eigenvalue weighted by Crippen LogP contribution is -1.85. The second kappa shape index (κ2) is 11.9. The molecule has 25 heavy (non-hydrogen) atoms. The monoisotopic (exact) mass is 504 g/mol. The Labute approximate surface area is 178 Å². The highest BCUT2D eigenvalue weighted by Crippen LogP contribution is 2.41. The van der Waals surface area contributed by atoms with Crippen molar-refractivity contribution in [3.63, 3.8) is 0 Å². The van der Waals surface area contributed by atoms with Gasteiger partial charge in [-0.15, -0.1) is 22.7 Å². The summed E-state index contributed by atoms with van der Waals surface area (Å²) in [5, 5.41) is 0. The lowest BCUT2D eigenvalue weighted by Gasteiger charge is -2.02. The molecule has 0 atom stereocenters. The van der Waals surface area contributed by atoms with Crippen molar-refractivity contribution in [3.8, 4) is 9.75 Å². The summed E-state index contributed by atoms with van der Waals surface area (Å²) in [7, 11) is 0. The van der Waals surface area contributed by atoms with Crippen LogP contribution in [-0.4, -0.2) is 0 Å². The molecule has 0 unspecified atom stereocenters. The average molecular weight is 506 g/mol. The van der Waals surface area contributed by atoms with Gasteiger partial charge in [0.2, 0.25) is 0 Å². The fraction of sp³-hybridized carbons (Fsp3) is 0.619. The Morgan fingerprint density at radius 1 is 0.720 bits per heavy atom. The summed E-state index contributed by atoms with van der Waals surface area (Å²) in [6, 6.07) is 4.68. The predicted molar refractivity (Wildman–Crippen MR) is 123 cm³/mol. The molecule has 0 aliphatic carbocycles. The number of aryl methyl sites for hydroxylation is 2. The number of hydrogen-bond donors (Lipinski definition) is 0. The summed E-state index contributed by atoms with van der Waals surface area (Å²) in [5.74, 6) is 0. The van der Waals surface area contributed by atoms with Crippen molar-refractivity contribution in [3.05, 3.63) is 30.8 Å². The zero-order valence-corrected chi connectivity index (χ0v) is 20.3. The average Bonchev–Trinajstić information content (AvgIpc) is 3.12. The minimum atomic E-state index is 1.21. The van der Waals surface area contributed by atoms with Crippen molar-refractivity contribution >= 4 is 54.5 Å². The first-order valence-electron chi connectivity index (χ1n) is 9.66. The number of hydrogen-bond acceptors (Lipinski definition) is 2. The van der Waals surface area contributed by atoms with Crippen molar-refractivity contribution < 1.29 is 0 Å². The van der Waals surface area contributed by atoms with Gasteiger partial charge in [0.1, 0.15) is 0 Å². The molecule has 0 saturated carbocycles. The van der Waals surface area contributed by atoms with Crippen molar-refractivity contribution in [2.24, 2.45) is 0 Å². The van der Waals surface area contributed by atoms with Gasteiger partial charge in [-0.2, -0.15) is 0 Å². The van der Waals surface area contributed by atoms with Crippen LogP contribution in [0.15, 0.2) is 19.7 Å². The SMILES string of the molecule is CCCCCCCCCCCCc1cc(-c2cc(C)c(Br)s2)sc1Br. The third-order valence-electron chi connectivity index (χ3n) is 4.66. The predicted octanol–water partition coefficient (Wildman–Crippen LogP) is 9.77. The first-order chi connectivity index (χ1) is 12.1. The molecule has 0 radical (unpaired) electrons. The largest absolute Gasteiger partial charge is 0.127 e. The van der Waals surface area contributed by atoms with Gasteiger partial charge in [0, 0.05) is 9.75 Å². The molecule has 0 nitrogen and oxygen atoms in total. The van der Waals surface area contributed by atoms with Crippen LogP contribution in [0.4, 0.5) is 0 Å². The molecule has 0 aliphatic rings. The van der Waals surface area contributed by atoms with Gasteiger partial charge >= 0.3 is 0 Å². The topological polar surface area (TPSA) is 0 Å². The standard InChI is InChI=1S/C21H30Br2S2/c1-3-4-5-6-7-8-9-10-11-12-13-17-15-19(25-21(17)23)18-14-16(2)20(22)24-18/h14-15H,3-13H2,1-2H3. The normalized spacial score (nSPS) is 11.4. The van der Waals surface area contributed by atoms with Crippen LogP contribution in [0.3, 0.4) is 0 Å². The molecular formula is C21H30Br2S2. The first kappa shape index (κ1) is 21.7. The van der Waals surface area contributed by atoms with E-state index in [1.54, 1.807) is 0 Å². The molecule has 0 spiro atoms. The summed E-state index contributed by atoms with van der Waals surface area (Å²) in [4.78, 5) is 2.78. The van der Waals surface area contributed by atoms with E-state index in [9.17, 15) is 0 Å². The van der Waals surface area contributed by atoms with Crippen LogP contribution in [0, 0.1) is 6.92 Å². The van der Waals surface area contributed by atoms with Crippen LogP contribution in [0.1, 0.15) is 82.3 Å². The molecule has 4 heteroatoms. The molecule has 0 bridgehead atoms. The summed E-state index contributed by atoms with van der Waals surface area (Å²) in [6.45, 7) is 4.45. The highest BCUT2D eigenvalue weighted by Gasteiger charge is 2.11. The van der Waals surface area contributed by atoms with Gasteiger partial charge in [0.15, 0.2) is 0 Å². The molecule has 2 heterocycles. The summed E-state index contributed by atoms with van der Waals surface area (Å²) < 4.78 is 2.57. The van der Waals surface area contributed by atoms with E-state index in [0.717, 1.165) is 0 Å². The van der Waals surface area contributed by atoms with E-state index in [4.69, 9.17) is 0 Å². The van der Waals surface area contributed by atoms with E-state index in [0.29, 0.717) is 0 Å². The quantitative estimate of drug-likeness (QED) is 0.251. The van der Waals surface area contributed by atoms with E-state index < -0.39 is 0 Å². The summed E-state index contributed by atoms with van der Waals surface area (Å²) in [5.41, 5.74) is 2.82. The van der Waals surface area contributed by atoms with Crippen LogP contribution in [0.25, 0.3) is 9.75 Å². The van der Waals surface area contributed by atoms with Crippen LogP contribution in [-0.2, 0) is 6.42 Å². The summed E-state index contributed by atoms with van der Waals surface area (Å²) >= 11 is 11.1. The lowest BCUT2D eigenvalue weighted by atomic mass is 10.0. The maximum absolute atomic E-state index is 3.78. The van der Waals surface area contributed by atoms with Gasteiger partial charge in [0.25, 0.3) is 0 Å². The van der Waals surface area contributed by atoms with Gasteiger partial charge in [-0.25, -0.2) is 0 Å². The number of unbranched alkanes of at least 4 members (excludes halogenated alkanes) is 9. The van der Waals surface area contributed by atoms with Crippen molar-refractivity contribution in [2.45, 2.75) is 84.5 Å². The van der Waals surface area contributed by atoms with Crippen LogP contribution >= 0.6 is 54.5 Å². The second-order valence-corrected chi connectivity index (χ2v) is 11.6. The Kier molecular flexibility index (Phi) is 10.3. The molecule has 0 N–H and O–H groups in total. The van der Waals surface area contributed by atoms with E-state index in [1.165, 1.54) is 99.1 Å². The third kappa shape index (κ3) is 7.48. The van der Waals surface area contributed by atoms with E-state index in [1.807, 2.05) is 22.7 Å². The minimum absolute atomic E-state index is 1.21. The van der Waals surface area contributed by atoms with Gasteiger partial charge in [-0.1, -0.05) is 64.7 Å². The highest BCUT2D eigenvalue weighted by atomic mass is 79.9. The molecule has 140 valence electrons.